The van der Waals surface area contributed by atoms with Crippen LogP contribution in [0.3, 0.4) is 0 Å². The number of hydrogen-bond donors (Lipinski definition) is 1. The minimum absolute atomic E-state index is 0.00377. The molecule has 2 N–H and O–H groups in total. The molecule has 17 heavy (non-hydrogen) atoms. The van der Waals surface area contributed by atoms with Crippen LogP contribution in [0.4, 0.5) is 0 Å². The quantitative estimate of drug-likeness (QED) is 0.930. The summed E-state index contributed by atoms with van der Waals surface area (Å²) in [5, 5.41) is 0. The number of benzene rings is 1. The Balaban J connectivity index is 2.42. The van der Waals surface area contributed by atoms with E-state index in [4.69, 9.17) is 15.2 Å². The van der Waals surface area contributed by atoms with Gasteiger partial charge in [0.25, 0.3) is 0 Å². The van der Waals surface area contributed by atoms with Crippen molar-refractivity contribution in [3.8, 4) is 11.5 Å². The lowest BCUT2D eigenvalue weighted by Gasteiger charge is -2.17. The van der Waals surface area contributed by atoms with Crippen molar-refractivity contribution in [2.45, 2.75) is 31.7 Å². The largest absolute Gasteiger partial charge is 0.493 e. The van der Waals surface area contributed by atoms with Crippen molar-refractivity contribution in [1.29, 1.82) is 0 Å². The molecule has 1 aliphatic rings. The number of hydrogen-bond acceptors (Lipinski definition) is 3. The first kappa shape index (κ1) is 12.7. The van der Waals surface area contributed by atoms with Gasteiger partial charge in [-0.15, -0.1) is 0 Å². The lowest BCUT2D eigenvalue weighted by molar-refractivity contribution is 0.352. The summed E-state index contributed by atoms with van der Waals surface area (Å²) in [4.78, 5) is 0. The molecule has 4 heteroatoms. The third kappa shape index (κ3) is 2.43. The third-order valence-electron chi connectivity index (χ3n) is 3.40. The molecule has 0 saturated heterocycles. The minimum Gasteiger partial charge on any atom is -0.493 e. The van der Waals surface area contributed by atoms with Gasteiger partial charge >= 0.3 is 0 Å². The van der Waals surface area contributed by atoms with E-state index in [0.717, 1.165) is 35.2 Å². The van der Waals surface area contributed by atoms with Crippen molar-refractivity contribution in [3.05, 3.63) is 21.7 Å². The summed E-state index contributed by atoms with van der Waals surface area (Å²) in [5.74, 6) is 1.50. The molecule has 1 aromatic carbocycles. The van der Waals surface area contributed by atoms with Gasteiger partial charge in [-0.2, -0.15) is 0 Å². The Morgan fingerprint density at radius 2 is 2.00 bits per heavy atom. The van der Waals surface area contributed by atoms with Crippen LogP contribution >= 0.6 is 15.9 Å². The van der Waals surface area contributed by atoms with E-state index in [1.54, 1.807) is 14.2 Å². The summed E-state index contributed by atoms with van der Waals surface area (Å²) < 4.78 is 11.7. The molecule has 0 atom stereocenters. The molecule has 1 aromatic rings. The van der Waals surface area contributed by atoms with Crippen LogP contribution in [0.5, 0.6) is 11.5 Å². The average molecular weight is 300 g/mol. The SMILES string of the molecule is COc1cc(CC2(N)CC2)c(C)c(Br)c1OC. The van der Waals surface area contributed by atoms with Gasteiger partial charge in [-0.25, -0.2) is 0 Å². The second-order valence-electron chi connectivity index (χ2n) is 4.75. The zero-order chi connectivity index (χ0) is 12.6. The fraction of sp³-hybridized carbons (Fsp3) is 0.538. The molecule has 3 nitrogen and oxygen atoms in total. The van der Waals surface area contributed by atoms with Crippen molar-refractivity contribution in [3.63, 3.8) is 0 Å². The van der Waals surface area contributed by atoms with Crippen LogP contribution in [0.25, 0.3) is 0 Å². The van der Waals surface area contributed by atoms with Crippen molar-refractivity contribution >= 4 is 15.9 Å². The zero-order valence-corrected chi connectivity index (χ0v) is 12.1. The van der Waals surface area contributed by atoms with E-state index in [-0.39, 0.29) is 5.54 Å². The van der Waals surface area contributed by atoms with Crippen LogP contribution in [0.2, 0.25) is 0 Å². The Bertz CT molecular complexity index is 442. The van der Waals surface area contributed by atoms with Crippen molar-refractivity contribution in [2.24, 2.45) is 5.73 Å². The molecule has 0 amide bonds. The molecule has 0 aromatic heterocycles. The third-order valence-corrected chi connectivity index (χ3v) is 4.35. The molecular formula is C13H18BrNO2. The first-order chi connectivity index (χ1) is 8.00. The Kier molecular flexibility index (Phi) is 3.36. The number of nitrogens with two attached hydrogens (primary N) is 1. The van der Waals surface area contributed by atoms with E-state index in [9.17, 15) is 0 Å². The van der Waals surface area contributed by atoms with Gasteiger partial charge in [-0.3, -0.25) is 0 Å². The maximum Gasteiger partial charge on any atom is 0.175 e. The molecule has 1 saturated carbocycles. The predicted octanol–water partition coefficient (Wildman–Crippen LogP) is 2.81. The summed E-state index contributed by atoms with van der Waals surface area (Å²) >= 11 is 3.57. The van der Waals surface area contributed by atoms with Gasteiger partial charge in [0.2, 0.25) is 0 Å². The standard InChI is InChI=1S/C13H18BrNO2/c1-8-9(7-13(15)4-5-13)6-10(16-2)12(17-3)11(8)14/h6H,4-5,7,15H2,1-3H3. The number of halogens is 1. The Morgan fingerprint density at radius 3 is 2.47 bits per heavy atom. The van der Waals surface area contributed by atoms with Gasteiger partial charge in [-0.1, -0.05) is 0 Å². The highest BCUT2D eigenvalue weighted by Crippen LogP contribution is 2.43. The lowest BCUT2D eigenvalue weighted by atomic mass is 9.99. The topological polar surface area (TPSA) is 44.5 Å². The Morgan fingerprint density at radius 1 is 1.35 bits per heavy atom. The first-order valence-corrected chi connectivity index (χ1v) is 6.49. The second kappa shape index (κ2) is 4.50. The van der Waals surface area contributed by atoms with Crippen LogP contribution in [0.15, 0.2) is 10.5 Å². The fourth-order valence-corrected chi connectivity index (χ4v) is 2.61. The van der Waals surface area contributed by atoms with E-state index in [2.05, 4.69) is 22.9 Å². The molecule has 0 aliphatic heterocycles. The van der Waals surface area contributed by atoms with Gasteiger partial charge in [0, 0.05) is 5.54 Å². The highest BCUT2D eigenvalue weighted by atomic mass is 79.9. The highest BCUT2D eigenvalue weighted by Gasteiger charge is 2.38. The van der Waals surface area contributed by atoms with Crippen LogP contribution in [-0.2, 0) is 6.42 Å². The van der Waals surface area contributed by atoms with Crippen LogP contribution in [-0.4, -0.2) is 19.8 Å². The number of rotatable bonds is 4. The zero-order valence-electron chi connectivity index (χ0n) is 10.5. The van der Waals surface area contributed by atoms with E-state index >= 15 is 0 Å². The van der Waals surface area contributed by atoms with Crippen molar-refractivity contribution in [1.82, 2.24) is 0 Å². The number of ether oxygens (including phenoxy) is 2. The highest BCUT2D eigenvalue weighted by molar-refractivity contribution is 9.10. The normalized spacial score (nSPS) is 16.8. The van der Waals surface area contributed by atoms with Crippen LogP contribution < -0.4 is 15.2 Å². The molecule has 0 heterocycles. The monoisotopic (exact) mass is 299 g/mol. The van der Waals surface area contributed by atoms with E-state index in [1.165, 1.54) is 11.1 Å². The summed E-state index contributed by atoms with van der Waals surface area (Å²) in [6.45, 7) is 2.08. The molecule has 1 aliphatic carbocycles. The molecule has 0 radical (unpaired) electrons. The van der Waals surface area contributed by atoms with Gasteiger partial charge in [0.05, 0.1) is 18.7 Å². The maximum absolute atomic E-state index is 6.17. The molecule has 1 fully saturated rings. The second-order valence-corrected chi connectivity index (χ2v) is 5.54. The summed E-state index contributed by atoms with van der Waals surface area (Å²) in [5.41, 5.74) is 8.59. The van der Waals surface area contributed by atoms with Gasteiger partial charge in [0.1, 0.15) is 0 Å². The Hall–Kier alpha value is -0.740. The molecule has 2 rings (SSSR count). The number of methoxy groups -OCH3 is 2. The summed E-state index contributed by atoms with van der Waals surface area (Å²) in [6.07, 6.45) is 3.12. The van der Waals surface area contributed by atoms with Gasteiger partial charge in [0.15, 0.2) is 11.5 Å². The fourth-order valence-electron chi connectivity index (χ4n) is 1.99. The molecule has 0 unspecified atom stereocenters. The van der Waals surface area contributed by atoms with E-state index in [0.29, 0.717) is 0 Å². The van der Waals surface area contributed by atoms with Gasteiger partial charge < -0.3 is 15.2 Å². The van der Waals surface area contributed by atoms with Gasteiger partial charge in [-0.05, 0) is 59.3 Å². The van der Waals surface area contributed by atoms with E-state index in [1.807, 2.05) is 6.07 Å². The Labute approximate surface area is 110 Å². The molecular weight excluding hydrogens is 282 g/mol. The summed E-state index contributed by atoms with van der Waals surface area (Å²) in [7, 11) is 3.30. The minimum atomic E-state index is 0.00377. The molecule has 0 spiro atoms. The van der Waals surface area contributed by atoms with Crippen LogP contribution in [0.1, 0.15) is 24.0 Å². The van der Waals surface area contributed by atoms with Crippen molar-refractivity contribution < 1.29 is 9.47 Å². The first-order valence-electron chi connectivity index (χ1n) is 5.69. The van der Waals surface area contributed by atoms with Crippen LogP contribution in [0, 0.1) is 6.92 Å². The predicted molar refractivity (Wildman–Crippen MR) is 71.8 cm³/mol. The summed E-state index contributed by atoms with van der Waals surface area (Å²) in [6, 6.07) is 2.03. The van der Waals surface area contributed by atoms with E-state index < -0.39 is 0 Å². The van der Waals surface area contributed by atoms with Crippen molar-refractivity contribution in [2.75, 3.05) is 14.2 Å². The average Bonchev–Trinajstić information content (AvgIpc) is 3.02. The smallest absolute Gasteiger partial charge is 0.175 e. The molecule has 0 bridgehead atoms. The molecule has 94 valence electrons. The lowest BCUT2D eigenvalue weighted by Crippen LogP contribution is -2.25. The maximum atomic E-state index is 6.17.